The minimum absolute atomic E-state index is 0.234. The number of rotatable bonds is 4. The molecule has 0 bridgehead atoms. The number of thiophene rings is 1. The number of benzene rings is 1. The van der Waals surface area contributed by atoms with E-state index in [9.17, 15) is 14.4 Å². The second kappa shape index (κ2) is 7.45. The zero-order chi connectivity index (χ0) is 17.6. The van der Waals surface area contributed by atoms with Crippen molar-refractivity contribution in [3.63, 3.8) is 0 Å². The van der Waals surface area contributed by atoms with Crippen LogP contribution in [0.1, 0.15) is 31.2 Å². The SMILES string of the molecule is O=C(Nc1ccccc1C(=O)NNC(=O)c1ccc[nH]1)c1ccsc1. The van der Waals surface area contributed by atoms with E-state index >= 15 is 0 Å². The molecule has 8 heteroatoms. The van der Waals surface area contributed by atoms with Gasteiger partial charge in [0.05, 0.1) is 16.8 Å². The van der Waals surface area contributed by atoms with Crippen molar-refractivity contribution in [1.82, 2.24) is 15.8 Å². The highest BCUT2D eigenvalue weighted by Gasteiger charge is 2.15. The van der Waals surface area contributed by atoms with Gasteiger partial charge in [-0.05, 0) is 35.7 Å². The summed E-state index contributed by atoms with van der Waals surface area (Å²) in [5.41, 5.74) is 6.06. The highest BCUT2D eigenvalue weighted by Crippen LogP contribution is 2.17. The van der Waals surface area contributed by atoms with Gasteiger partial charge in [0.15, 0.2) is 0 Å². The summed E-state index contributed by atoms with van der Waals surface area (Å²) in [5.74, 6) is -1.32. The van der Waals surface area contributed by atoms with Gasteiger partial charge in [-0.15, -0.1) is 0 Å². The number of hydrogen-bond acceptors (Lipinski definition) is 4. The number of amides is 3. The molecule has 0 fully saturated rings. The van der Waals surface area contributed by atoms with Gasteiger partial charge < -0.3 is 10.3 Å². The van der Waals surface area contributed by atoms with Crippen LogP contribution in [0.2, 0.25) is 0 Å². The molecule has 126 valence electrons. The van der Waals surface area contributed by atoms with Crippen LogP contribution < -0.4 is 16.2 Å². The Kier molecular flexibility index (Phi) is 4.91. The summed E-state index contributed by atoms with van der Waals surface area (Å²) >= 11 is 1.41. The van der Waals surface area contributed by atoms with E-state index < -0.39 is 11.8 Å². The topological polar surface area (TPSA) is 103 Å². The Labute approximate surface area is 147 Å². The first-order valence-corrected chi connectivity index (χ1v) is 8.26. The smallest absolute Gasteiger partial charge is 0.286 e. The number of H-pyrrole nitrogens is 1. The van der Waals surface area contributed by atoms with Crippen molar-refractivity contribution >= 4 is 34.7 Å². The normalized spacial score (nSPS) is 10.1. The number of para-hydroxylation sites is 1. The van der Waals surface area contributed by atoms with Crippen LogP contribution in [-0.4, -0.2) is 22.7 Å². The standard InChI is InChI=1S/C17H14N4O3S/c22-15(11-7-9-25-10-11)19-13-5-2-1-4-12(13)16(23)20-21-17(24)14-6-3-8-18-14/h1-10,18H,(H,19,22)(H,20,23)(H,21,24). The molecule has 25 heavy (non-hydrogen) atoms. The average molecular weight is 354 g/mol. The van der Waals surface area contributed by atoms with Gasteiger partial charge in [-0.25, -0.2) is 0 Å². The fourth-order valence-electron chi connectivity index (χ4n) is 2.10. The molecule has 0 unspecified atom stereocenters. The third kappa shape index (κ3) is 3.93. The molecule has 0 aliphatic rings. The molecule has 7 nitrogen and oxygen atoms in total. The van der Waals surface area contributed by atoms with E-state index in [4.69, 9.17) is 0 Å². The molecule has 0 saturated heterocycles. The van der Waals surface area contributed by atoms with Gasteiger partial charge in [0, 0.05) is 11.6 Å². The van der Waals surface area contributed by atoms with Crippen LogP contribution in [0.25, 0.3) is 0 Å². The van der Waals surface area contributed by atoms with E-state index in [1.807, 2.05) is 0 Å². The predicted molar refractivity (Wildman–Crippen MR) is 94.4 cm³/mol. The van der Waals surface area contributed by atoms with Crippen LogP contribution in [0.3, 0.4) is 0 Å². The van der Waals surface area contributed by atoms with Gasteiger partial charge in [0.2, 0.25) is 0 Å². The summed E-state index contributed by atoms with van der Waals surface area (Å²) in [6, 6.07) is 11.5. The molecular formula is C17H14N4O3S. The highest BCUT2D eigenvalue weighted by atomic mass is 32.1. The second-order valence-electron chi connectivity index (χ2n) is 5.00. The lowest BCUT2D eigenvalue weighted by molar-refractivity contribution is 0.0844. The zero-order valence-corrected chi connectivity index (χ0v) is 13.7. The number of carbonyl (C=O) groups excluding carboxylic acids is 3. The van der Waals surface area contributed by atoms with E-state index in [1.165, 1.54) is 11.3 Å². The van der Waals surface area contributed by atoms with Crippen LogP contribution in [0, 0.1) is 0 Å². The van der Waals surface area contributed by atoms with Crippen LogP contribution in [0.15, 0.2) is 59.4 Å². The lowest BCUT2D eigenvalue weighted by Crippen LogP contribution is -2.42. The second-order valence-corrected chi connectivity index (χ2v) is 5.78. The van der Waals surface area contributed by atoms with Gasteiger partial charge in [0.1, 0.15) is 5.69 Å². The van der Waals surface area contributed by atoms with E-state index in [1.54, 1.807) is 59.4 Å². The van der Waals surface area contributed by atoms with Crippen molar-refractivity contribution in [3.05, 3.63) is 76.2 Å². The largest absolute Gasteiger partial charge is 0.357 e. The average Bonchev–Trinajstić information content (AvgIpc) is 3.33. The molecule has 0 aliphatic carbocycles. The fourth-order valence-corrected chi connectivity index (χ4v) is 2.73. The van der Waals surface area contributed by atoms with Gasteiger partial charge >= 0.3 is 0 Å². The predicted octanol–water partition coefficient (Wildman–Crippen LogP) is 2.40. The number of hydrazine groups is 1. The molecule has 0 aliphatic heterocycles. The Balaban J connectivity index is 1.68. The van der Waals surface area contributed by atoms with E-state index in [0.29, 0.717) is 16.9 Å². The zero-order valence-electron chi connectivity index (χ0n) is 12.9. The molecule has 4 N–H and O–H groups in total. The van der Waals surface area contributed by atoms with Crippen molar-refractivity contribution in [2.45, 2.75) is 0 Å². The number of carbonyl (C=O) groups is 3. The van der Waals surface area contributed by atoms with Crippen molar-refractivity contribution in [2.24, 2.45) is 0 Å². The molecule has 2 aromatic heterocycles. The van der Waals surface area contributed by atoms with Gasteiger partial charge in [-0.1, -0.05) is 12.1 Å². The molecule has 1 aromatic carbocycles. The maximum Gasteiger partial charge on any atom is 0.286 e. The molecule has 0 saturated carbocycles. The van der Waals surface area contributed by atoms with Gasteiger partial charge in [0.25, 0.3) is 17.7 Å². The van der Waals surface area contributed by atoms with Crippen LogP contribution in [0.4, 0.5) is 5.69 Å². The lowest BCUT2D eigenvalue weighted by atomic mass is 10.1. The maximum absolute atomic E-state index is 12.3. The first-order chi connectivity index (χ1) is 12.1. The summed E-state index contributed by atoms with van der Waals surface area (Å²) in [4.78, 5) is 39.1. The number of nitrogens with one attached hydrogen (secondary N) is 4. The van der Waals surface area contributed by atoms with Gasteiger partial charge in [-0.3, -0.25) is 25.2 Å². The van der Waals surface area contributed by atoms with E-state index in [2.05, 4.69) is 21.2 Å². The summed E-state index contributed by atoms with van der Waals surface area (Å²) in [7, 11) is 0. The number of anilines is 1. The Bertz CT molecular complexity index is 889. The molecule has 2 heterocycles. The molecule has 0 radical (unpaired) electrons. The van der Waals surface area contributed by atoms with Crippen molar-refractivity contribution in [2.75, 3.05) is 5.32 Å². The number of aromatic nitrogens is 1. The Hall–Kier alpha value is -3.39. The summed E-state index contributed by atoms with van der Waals surface area (Å²) in [6.07, 6.45) is 1.60. The summed E-state index contributed by atoms with van der Waals surface area (Å²) in [6.45, 7) is 0. The molecular weight excluding hydrogens is 340 g/mol. The molecule has 3 amide bonds. The molecule has 0 spiro atoms. The minimum Gasteiger partial charge on any atom is -0.357 e. The lowest BCUT2D eigenvalue weighted by Gasteiger charge is -2.11. The number of hydrogen-bond donors (Lipinski definition) is 4. The van der Waals surface area contributed by atoms with Crippen molar-refractivity contribution in [3.8, 4) is 0 Å². The van der Waals surface area contributed by atoms with Crippen molar-refractivity contribution in [1.29, 1.82) is 0 Å². The van der Waals surface area contributed by atoms with E-state index in [-0.39, 0.29) is 11.5 Å². The molecule has 3 rings (SSSR count). The fraction of sp³-hybridized carbons (Fsp3) is 0. The highest BCUT2D eigenvalue weighted by molar-refractivity contribution is 7.08. The summed E-state index contributed by atoms with van der Waals surface area (Å²) < 4.78 is 0. The Morgan fingerprint density at radius 1 is 0.880 bits per heavy atom. The first-order valence-electron chi connectivity index (χ1n) is 7.32. The third-order valence-corrected chi connectivity index (χ3v) is 4.02. The minimum atomic E-state index is -0.541. The Morgan fingerprint density at radius 2 is 1.68 bits per heavy atom. The van der Waals surface area contributed by atoms with Crippen LogP contribution in [-0.2, 0) is 0 Å². The molecule has 3 aromatic rings. The monoisotopic (exact) mass is 354 g/mol. The maximum atomic E-state index is 12.3. The summed E-state index contributed by atoms with van der Waals surface area (Å²) in [5, 5.41) is 6.21. The first kappa shape index (κ1) is 16.5. The van der Waals surface area contributed by atoms with Crippen LogP contribution >= 0.6 is 11.3 Å². The van der Waals surface area contributed by atoms with Crippen LogP contribution in [0.5, 0.6) is 0 Å². The quantitative estimate of drug-likeness (QED) is 0.541. The number of aromatic amines is 1. The molecule has 0 atom stereocenters. The van der Waals surface area contributed by atoms with E-state index in [0.717, 1.165) is 0 Å². The van der Waals surface area contributed by atoms with Gasteiger partial charge in [-0.2, -0.15) is 11.3 Å². The third-order valence-electron chi connectivity index (χ3n) is 3.34. The Morgan fingerprint density at radius 3 is 2.40 bits per heavy atom. The van der Waals surface area contributed by atoms with Crippen molar-refractivity contribution < 1.29 is 14.4 Å².